The average molecular weight is 348 g/mol. The van der Waals surface area contributed by atoms with Crippen molar-refractivity contribution in [2.45, 2.75) is 51.2 Å². The molecule has 3 amide bonds. The SMILES string of the molecule is COc1ccc(C(=O)OC(C)C(=O)NC(=O)NC2CCCCC2)cc1. The lowest BCUT2D eigenvalue weighted by Gasteiger charge is -2.23. The van der Waals surface area contributed by atoms with Gasteiger partial charge in [-0.25, -0.2) is 9.59 Å². The third-order valence-electron chi connectivity index (χ3n) is 4.16. The van der Waals surface area contributed by atoms with Gasteiger partial charge in [-0.1, -0.05) is 19.3 Å². The first-order valence-electron chi connectivity index (χ1n) is 8.46. The molecule has 1 atom stereocenters. The number of amides is 3. The molecule has 2 N–H and O–H groups in total. The molecule has 1 aromatic rings. The van der Waals surface area contributed by atoms with Gasteiger partial charge in [0, 0.05) is 6.04 Å². The Labute approximate surface area is 147 Å². The molecule has 0 radical (unpaired) electrons. The van der Waals surface area contributed by atoms with E-state index in [1.165, 1.54) is 20.5 Å². The zero-order valence-electron chi connectivity index (χ0n) is 14.5. The molecule has 0 saturated heterocycles. The van der Waals surface area contributed by atoms with Gasteiger partial charge in [0.15, 0.2) is 6.10 Å². The number of urea groups is 1. The van der Waals surface area contributed by atoms with Crippen molar-refractivity contribution in [2.24, 2.45) is 0 Å². The maximum absolute atomic E-state index is 12.0. The summed E-state index contributed by atoms with van der Waals surface area (Å²) < 4.78 is 10.1. The summed E-state index contributed by atoms with van der Waals surface area (Å²) in [6.45, 7) is 1.42. The molecule has 0 heterocycles. The first-order chi connectivity index (χ1) is 12.0. The molecule has 1 aliphatic carbocycles. The van der Waals surface area contributed by atoms with Crippen molar-refractivity contribution < 1.29 is 23.9 Å². The molecule has 1 aromatic carbocycles. The van der Waals surface area contributed by atoms with Gasteiger partial charge in [-0.3, -0.25) is 10.1 Å². The summed E-state index contributed by atoms with van der Waals surface area (Å²) in [4.78, 5) is 35.9. The zero-order chi connectivity index (χ0) is 18.2. The molecular weight excluding hydrogens is 324 g/mol. The van der Waals surface area contributed by atoms with Crippen LogP contribution in [0.4, 0.5) is 4.79 Å². The van der Waals surface area contributed by atoms with Gasteiger partial charge in [0.2, 0.25) is 0 Å². The lowest BCUT2D eigenvalue weighted by atomic mass is 9.96. The molecule has 1 fully saturated rings. The van der Waals surface area contributed by atoms with E-state index in [2.05, 4.69) is 10.6 Å². The number of rotatable bonds is 5. The van der Waals surface area contributed by atoms with Crippen LogP contribution in [0.15, 0.2) is 24.3 Å². The Balaban J connectivity index is 1.80. The number of carbonyl (C=O) groups is 3. The smallest absolute Gasteiger partial charge is 0.338 e. The predicted octanol–water partition coefficient (Wildman–Crippen LogP) is 2.40. The van der Waals surface area contributed by atoms with Crippen molar-refractivity contribution in [3.63, 3.8) is 0 Å². The Morgan fingerprint density at radius 1 is 1.08 bits per heavy atom. The standard InChI is InChI=1S/C18H24N2O5/c1-12(25-17(22)13-8-10-15(24-2)11-9-13)16(21)20-18(23)19-14-6-4-3-5-7-14/h8-12,14H,3-7H2,1-2H3,(H2,19,20,21,23). The fourth-order valence-corrected chi connectivity index (χ4v) is 2.69. The van der Waals surface area contributed by atoms with E-state index in [-0.39, 0.29) is 6.04 Å². The third kappa shape index (κ3) is 5.77. The molecule has 0 aromatic heterocycles. The van der Waals surface area contributed by atoms with E-state index in [1.54, 1.807) is 24.3 Å². The van der Waals surface area contributed by atoms with E-state index in [4.69, 9.17) is 9.47 Å². The number of imide groups is 1. The first kappa shape index (κ1) is 18.8. The zero-order valence-corrected chi connectivity index (χ0v) is 14.5. The van der Waals surface area contributed by atoms with Crippen LogP contribution in [0.3, 0.4) is 0 Å². The van der Waals surface area contributed by atoms with Crippen LogP contribution < -0.4 is 15.4 Å². The van der Waals surface area contributed by atoms with Crippen LogP contribution in [0.25, 0.3) is 0 Å². The van der Waals surface area contributed by atoms with Gasteiger partial charge in [0.25, 0.3) is 5.91 Å². The van der Waals surface area contributed by atoms with Gasteiger partial charge in [0.1, 0.15) is 5.75 Å². The van der Waals surface area contributed by atoms with Crippen LogP contribution in [-0.2, 0) is 9.53 Å². The summed E-state index contributed by atoms with van der Waals surface area (Å²) in [5.74, 6) is -0.685. The van der Waals surface area contributed by atoms with E-state index in [0.29, 0.717) is 11.3 Å². The van der Waals surface area contributed by atoms with E-state index in [0.717, 1.165) is 25.7 Å². The number of hydrogen-bond acceptors (Lipinski definition) is 5. The van der Waals surface area contributed by atoms with E-state index < -0.39 is 24.0 Å². The Morgan fingerprint density at radius 3 is 2.32 bits per heavy atom. The molecule has 0 bridgehead atoms. The lowest BCUT2D eigenvalue weighted by Crippen LogP contribution is -2.48. The van der Waals surface area contributed by atoms with Crippen LogP contribution >= 0.6 is 0 Å². The van der Waals surface area contributed by atoms with Gasteiger partial charge < -0.3 is 14.8 Å². The number of hydrogen-bond donors (Lipinski definition) is 2. The van der Waals surface area contributed by atoms with E-state index >= 15 is 0 Å². The summed E-state index contributed by atoms with van der Waals surface area (Å²) in [6, 6.07) is 5.88. The normalized spacial score (nSPS) is 15.8. The van der Waals surface area contributed by atoms with Crippen molar-refractivity contribution in [2.75, 3.05) is 7.11 Å². The lowest BCUT2D eigenvalue weighted by molar-refractivity contribution is -0.127. The number of methoxy groups -OCH3 is 1. The highest BCUT2D eigenvalue weighted by atomic mass is 16.5. The third-order valence-corrected chi connectivity index (χ3v) is 4.16. The fourth-order valence-electron chi connectivity index (χ4n) is 2.69. The summed E-state index contributed by atoms with van der Waals surface area (Å²) in [6.07, 6.45) is 4.10. The maximum Gasteiger partial charge on any atom is 0.338 e. The number of carbonyl (C=O) groups excluding carboxylic acids is 3. The van der Waals surface area contributed by atoms with Crippen molar-refractivity contribution in [1.82, 2.24) is 10.6 Å². The minimum atomic E-state index is -1.08. The van der Waals surface area contributed by atoms with Gasteiger partial charge in [-0.05, 0) is 44.0 Å². The largest absolute Gasteiger partial charge is 0.497 e. The molecular formula is C18H24N2O5. The maximum atomic E-state index is 12.0. The number of nitrogens with one attached hydrogen (secondary N) is 2. The monoisotopic (exact) mass is 348 g/mol. The minimum Gasteiger partial charge on any atom is -0.497 e. The molecule has 1 saturated carbocycles. The number of ether oxygens (including phenoxy) is 2. The van der Waals surface area contributed by atoms with Crippen molar-refractivity contribution in [3.05, 3.63) is 29.8 Å². The molecule has 7 nitrogen and oxygen atoms in total. The summed E-state index contributed by atoms with van der Waals surface area (Å²) in [5.41, 5.74) is 0.298. The molecule has 2 rings (SSSR count). The summed E-state index contributed by atoms with van der Waals surface area (Å²) >= 11 is 0. The fraction of sp³-hybridized carbons (Fsp3) is 0.500. The van der Waals surface area contributed by atoms with Crippen LogP contribution in [0.5, 0.6) is 5.75 Å². The Morgan fingerprint density at radius 2 is 1.72 bits per heavy atom. The second kappa shape index (κ2) is 9.05. The van der Waals surface area contributed by atoms with E-state index in [1.807, 2.05) is 0 Å². The van der Waals surface area contributed by atoms with Gasteiger partial charge >= 0.3 is 12.0 Å². The van der Waals surface area contributed by atoms with Gasteiger partial charge in [-0.15, -0.1) is 0 Å². The molecule has 0 aliphatic heterocycles. The topological polar surface area (TPSA) is 93.7 Å². The van der Waals surface area contributed by atoms with Crippen LogP contribution in [0.1, 0.15) is 49.4 Å². The minimum absolute atomic E-state index is 0.0960. The molecule has 0 spiro atoms. The number of benzene rings is 1. The summed E-state index contributed by atoms with van der Waals surface area (Å²) in [5, 5.41) is 4.99. The van der Waals surface area contributed by atoms with Gasteiger partial charge in [-0.2, -0.15) is 0 Å². The molecule has 136 valence electrons. The first-order valence-corrected chi connectivity index (χ1v) is 8.46. The Hall–Kier alpha value is -2.57. The van der Waals surface area contributed by atoms with Crippen molar-refractivity contribution in [3.8, 4) is 5.75 Å². The molecule has 1 aliphatic rings. The van der Waals surface area contributed by atoms with Crippen LogP contribution in [-0.4, -0.2) is 37.2 Å². The van der Waals surface area contributed by atoms with Crippen molar-refractivity contribution in [1.29, 1.82) is 0 Å². The highest BCUT2D eigenvalue weighted by Crippen LogP contribution is 2.17. The Bertz CT molecular complexity index is 608. The van der Waals surface area contributed by atoms with Crippen LogP contribution in [0, 0.1) is 0 Å². The highest BCUT2D eigenvalue weighted by Gasteiger charge is 2.22. The second-order valence-corrected chi connectivity index (χ2v) is 6.07. The van der Waals surface area contributed by atoms with Crippen LogP contribution in [0.2, 0.25) is 0 Å². The van der Waals surface area contributed by atoms with Crippen molar-refractivity contribution >= 4 is 17.9 Å². The van der Waals surface area contributed by atoms with E-state index in [9.17, 15) is 14.4 Å². The number of esters is 1. The van der Waals surface area contributed by atoms with Gasteiger partial charge in [0.05, 0.1) is 12.7 Å². The molecule has 7 heteroatoms. The predicted molar refractivity (Wildman–Crippen MR) is 91.4 cm³/mol. The Kier molecular flexibility index (Phi) is 6.80. The average Bonchev–Trinajstić information content (AvgIpc) is 2.62. The highest BCUT2D eigenvalue weighted by molar-refractivity contribution is 5.98. The summed E-state index contributed by atoms with van der Waals surface area (Å²) in [7, 11) is 1.53. The second-order valence-electron chi connectivity index (χ2n) is 6.07. The quantitative estimate of drug-likeness (QED) is 0.797. The molecule has 25 heavy (non-hydrogen) atoms. The molecule has 1 unspecified atom stereocenters.